The van der Waals surface area contributed by atoms with Crippen molar-refractivity contribution in [3.63, 3.8) is 0 Å². The lowest BCUT2D eigenvalue weighted by molar-refractivity contribution is 0.669. The number of fused-ring (bicyclic) bond motifs is 6. The molecule has 0 fully saturated rings. The molecule has 0 bridgehead atoms. The molecular weight excluding hydrogens is 476 g/mol. The van der Waals surface area contributed by atoms with E-state index in [1.807, 2.05) is 18.2 Å². The first-order chi connectivity index (χ1) is 19.3. The summed E-state index contributed by atoms with van der Waals surface area (Å²) in [5, 5.41) is 8.43. The minimum Gasteiger partial charge on any atom is -0.456 e. The molecular formula is C36H24N2O. The van der Waals surface area contributed by atoms with Gasteiger partial charge in [0.1, 0.15) is 11.2 Å². The van der Waals surface area contributed by atoms with Gasteiger partial charge in [-0.15, -0.1) is 0 Å². The molecule has 0 saturated carbocycles. The second kappa shape index (κ2) is 8.64. The van der Waals surface area contributed by atoms with Gasteiger partial charge in [-0.1, -0.05) is 103 Å². The first-order valence-corrected chi connectivity index (χ1v) is 13.2. The van der Waals surface area contributed by atoms with E-state index in [4.69, 9.17) is 4.42 Å². The van der Waals surface area contributed by atoms with Crippen LogP contribution >= 0.6 is 0 Å². The number of hydrogen-bond acceptors (Lipinski definition) is 2. The maximum absolute atomic E-state index is 6.46. The lowest BCUT2D eigenvalue weighted by atomic mass is 10.0. The number of benzene rings is 6. The second-order valence-electron chi connectivity index (χ2n) is 9.87. The van der Waals surface area contributed by atoms with E-state index in [1.165, 1.54) is 27.4 Å². The van der Waals surface area contributed by atoms with E-state index in [-0.39, 0.29) is 0 Å². The summed E-state index contributed by atoms with van der Waals surface area (Å²) >= 11 is 0. The molecule has 0 atom stereocenters. The highest BCUT2D eigenvalue weighted by Crippen LogP contribution is 2.41. The standard InChI is InChI=1S/C36H24N2O/c1-2-12-24(13-3-1)26-14-4-8-18-30(26)37-25-22-33(36-29-17-7-11-21-34(29)39-35(36)23-25)38-31-19-9-5-15-27(31)28-16-6-10-20-32(28)38/h1-23,37H. The van der Waals surface area contributed by atoms with Crippen molar-refractivity contribution in [2.75, 3.05) is 5.32 Å². The van der Waals surface area contributed by atoms with Crippen LogP contribution in [-0.4, -0.2) is 4.57 Å². The van der Waals surface area contributed by atoms with Crippen LogP contribution in [0.25, 0.3) is 60.6 Å². The quantitative estimate of drug-likeness (QED) is 0.260. The van der Waals surface area contributed by atoms with Crippen LogP contribution in [0.15, 0.2) is 144 Å². The number of aromatic nitrogens is 1. The van der Waals surface area contributed by atoms with E-state index in [2.05, 4.69) is 131 Å². The minimum absolute atomic E-state index is 0.857. The average molecular weight is 501 g/mol. The van der Waals surface area contributed by atoms with Gasteiger partial charge in [0.25, 0.3) is 0 Å². The van der Waals surface area contributed by atoms with Gasteiger partial charge >= 0.3 is 0 Å². The topological polar surface area (TPSA) is 30.1 Å². The summed E-state index contributed by atoms with van der Waals surface area (Å²) in [4.78, 5) is 0. The van der Waals surface area contributed by atoms with Crippen LogP contribution in [-0.2, 0) is 0 Å². The molecule has 0 aliphatic carbocycles. The normalized spacial score (nSPS) is 11.6. The van der Waals surface area contributed by atoms with E-state index in [9.17, 15) is 0 Å². The van der Waals surface area contributed by atoms with E-state index in [0.717, 1.165) is 44.6 Å². The van der Waals surface area contributed by atoms with Crippen LogP contribution in [0.4, 0.5) is 11.4 Å². The van der Waals surface area contributed by atoms with Gasteiger partial charge < -0.3 is 14.3 Å². The summed E-state index contributed by atoms with van der Waals surface area (Å²) in [6, 6.07) is 48.9. The van der Waals surface area contributed by atoms with Crippen LogP contribution in [0.5, 0.6) is 0 Å². The Kier molecular flexibility index (Phi) is 4.82. The molecule has 6 aromatic carbocycles. The van der Waals surface area contributed by atoms with Crippen LogP contribution in [0.3, 0.4) is 0 Å². The monoisotopic (exact) mass is 500 g/mol. The first kappa shape index (κ1) is 21.8. The van der Waals surface area contributed by atoms with Gasteiger partial charge in [0, 0.05) is 39.2 Å². The first-order valence-electron chi connectivity index (χ1n) is 13.2. The van der Waals surface area contributed by atoms with E-state index in [0.29, 0.717) is 0 Å². The Morgan fingerprint density at radius 2 is 1.13 bits per heavy atom. The Balaban J connectivity index is 1.42. The van der Waals surface area contributed by atoms with Crippen LogP contribution < -0.4 is 5.32 Å². The van der Waals surface area contributed by atoms with Crippen molar-refractivity contribution in [1.82, 2.24) is 4.57 Å². The largest absolute Gasteiger partial charge is 0.456 e. The number of rotatable bonds is 4. The third-order valence-corrected chi connectivity index (χ3v) is 7.57. The number of para-hydroxylation sites is 4. The number of furan rings is 1. The predicted octanol–water partition coefficient (Wildman–Crippen LogP) is 10.1. The van der Waals surface area contributed by atoms with E-state index < -0.39 is 0 Å². The molecule has 2 heterocycles. The van der Waals surface area contributed by atoms with Gasteiger partial charge in [0.15, 0.2) is 0 Å². The Morgan fingerprint density at radius 1 is 0.513 bits per heavy atom. The molecule has 0 saturated heterocycles. The van der Waals surface area contributed by atoms with Crippen molar-refractivity contribution < 1.29 is 4.42 Å². The number of nitrogens with one attached hydrogen (secondary N) is 1. The van der Waals surface area contributed by atoms with Crippen molar-refractivity contribution in [1.29, 1.82) is 0 Å². The van der Waals surface area contributed by atoms with Crippen molar-refractivity contribution in [2.45, 2.75) is 0 Å². The van der Waals surface area contributed by atoms with Gasteiger partial charge in [-0.05, 0) is 35.9 Å². The fourth-order valence-corrected chi connectivity index (χ4v) is 5.88. The summed E-state index contributed by atoms with van der Waals surface area (Å²) in [5.41, 5.74) is 9.53. The van der Waals surface area contributed by atoms with Crippen LogP contribution in [0.2, 0.25) is 0 Å². The molecule has 3 nitrogen and oxygen atoms in total. The molecule has 184 valence electrons. The smallest absolute Gasteiger partial charge is 0.139 e. The zero-order valence-electron chi connectivity index (χ0n) is 21.1. The summed E-state index contributed by atoms with van der Waals surface area (Å²) in [6.45, 7) is 0. The van der Waals surface area contributed by atoms with Gasteiger partial charge in [-0.25, -0.2) is 0 Å². The molecule has 0 radical (unpaired) electrons. The highest BCUT2D eigenvalue weighted by Gasteiger charge is 2.19. The van der Waals surface area contributed by atoms with Gasteiger partial charge in [0.05, 0.1) is 22.1 Å². The van der Waals surface area contributed by atoms with Gasteiger partial charge in [-0.2, -0.15) is 0 Å². The number of anilines is 2. The lowest BCUT2D eigenvalue weighted by Crippen LogP contribution is -1.98. The zero-order valence-corrected chi connectivity index (χ0v) is 21.1. The molecule has 0 aliphatic heterocycles. The third-order valence-electron chi connectivity index (χ3n) is 7.57. The maximum atomic E-state index is 6.46. The maximum Gasteiger partial charge on any atom is 0.139 e. The molecule has 2 aromatic heterocycles. The van der Waals surface area contributed by atoms with Gasteiger partial charge in [-0.3, -0.25) is 0 Å². The summed E-state index contributed by atoms with van der Waals surface area (Å²) < 4.78 is 8.83. The Bertz CT molecular complexity index is 2100. The molecule has 0 aliphatic rings. The minimum atomic E-state index is 0.857. The van der Waals surface area contributed by atoms with E-state index >= 15 is 0 Å². The number of hydrogen-bond donors (Lipinski definition) is 1. The van der Waals surface area contributed by atoms with Crippen molar-refractivity contribution in [3.05, 3.63) is 140 Å². The van der Waals surface area contributed by atoms with Crippen LogP contribution in [0.1, 0.15) is 0 Å². The van der Waals surface area contributed by atoms with Crippen molar-refractivity contribution in [2.24, 2.45) is 0 Å². The Hall–Kier alpha value is -5.28. The summed E-state index contributed by atoms with van der Waals surface area (Å²) in [7, 11) is 0. The highest BCUT2D eigenvalue weighted by atomic mass is 16.3. The fraction of sp³-hybridized carbons (Fsp3) is 0. The Labute approximate surface area is 225 Å². The zero-order chi connectivity index (χ0) is 25.8. The van der Waals surface area contributed by atoms with E-state index in [1.54, 1.807) is 0 Å². The van der Waals surface area contributed by atoms with Crippen molar-refractivity contribution in [3.8, 4) is 16.8 Å². The predicted molar refractivity (Wildman–Crippen MR) is 163 cm³/mol. The third kappa shape index (κ3) is 3.44. The SMILES string of the molecule is c1ccc(-c2ccccc2Nc2cc(-n3c4ccccc4c4ccccc43)c3c(c2)oc2ccccc23)cc1. The van der Waals surface area contributed by atoms with Crippen molar-refractivity contribution >= 4 is 55.1 Å². The second-order valence-corrected chi connectivity index (χ2v) is 9.87. The molecule has 39 heavy (non-hydrogen) atoms. The lowest BCUT2D eigenvalue weighted by Gasteiger charge is -2.15. The molecule has 1 N–H and O–H groups in total. The molecule has 0 amide bonds. The summed E-state index contributed by atoms with van der Waals surface area (Å²) in [5.74, 6) is 0. The fourth-order valence-electron chi connectivity index (χ4n) is 5.88. The Morgan fingerprint density at radius 3 is 1.90 bits per heavy atom. The molecule has 3 heteroatoms. The van der Waals surface area contributed by atoms with Crippen LogP contribution in [0, 0.1) is 0 Å². The average Bonchev–Trinajstić information content (AvgIpc) is 3.53. The molecule has 0 spiro atoms. The molecule has 0 unspecified atom stereocenters. The highest BCUT2D eigenvalue weighted by molar-refractivity contribution is 6.15. The summed E-state index contributed by atoms with van der Waals surface area (Å²) in [6.07, 6.45) is 0. The molecule has 8 rings (SSSR count). The number of nitrogens with zero attached hydrogens (tertiary/aromatic N) is 1. The van der Waals surface area contributed by atoms with Gasteiger partial charge in [0.2, 0.25) is 0 Å². The molecule has 8 aromatic rings.